The van der Waals surface area contributed by atoms with Gasteiger partial charge in [-0.15, -0.1) is 0 Å². The van der Waals surface area contributed by atoms with Crippen molar-refractivity contribution in [2.24, 2.45) is 0 Å². The maximum Gasteiger partial charge on any atom is 0.240 e. The number of nitrogens with one attached hydrogen (secondary N) is 3. The van der Waals surface area contributed by atoms with Crippen molar-refractivity contribution >= 4 is 29.3 Å². The number of rotatable bonds is 8. The lowest BCUT2D eigenvalue weighted by Crippen LogP contribution is -2.49. The van der Waals surface area contributed by atoms with E-state index in [1.165, 1.54) is 6.92 Å². The molecule has 0 unspecified atom stereocenters. The van der Waals surface area contributed by atoms with Gasteiger partial charge in [0, 0.05) is 11.9 Å². The fourth-order valence-corrected chi connectivity index (χ4v) is 2.56. The van der Waals surface area contributed by atoms with E-state index in [1.807, 2.05) is 26.0 Å². The van der Waals surface area contributed by atoms with Gasteiger partial charge in [0.2, 0.25) is 17.7 Å². The minimum absolute atomic E-state index is 0.145. The molecule has 0 aliphatic rings. The summed E-state index contributed by atoms with van der Waals surface area (Å²) in [5, 5.41) is 8.50. The summed E-state index contributed by atoms with van der Waals surface area (Å²) < 4.78 is 0. The Bertz CT molecular complexity index is 583. The maximum atomic E-state index is 12.2. The number of halogens is 1. The van der Waals surface area contributed by atoms with Gasteiger partial charge in [-0.25, -0.2) is 0 Å². The zero-order chi connectivity index (χ0) is 18.2. The van der Waals surface area contributed by atoms with Crippen LogP contribution in [0.5, 0.6) is 0 Å². The van der Waals surface area contributed by atoms with Gasteiger partial charge in [0.1, 0.15) is 0 Å². The highest BCUT2D eigenvalue weighted by Crippen LogP contribution is 2.29. The molecule has 0 atom stereocenters. The van der Waals surface area contributed by atoms with Crippen LogP contribution in [0.2, 0.25) is 5.02 Å². The van der Waals surface area contributed by atoms with E-state index in [4.69, 9.17) is 11.6 Å². The van der Waals surface area contributed by atoms with E-state index < -0.39 is 11.4 Å². The zero-order valence-corrected chi connectivity index (χ0v) is 15.0. The number of benzene rings is 1. The van der Waals surface area contributed by atoms with Crippen molar-refractivity contribution in [1.82, 2.24) is 16.0 Å². The minimum Gasteiger partial charge on any atom is -0.347 e. The molecule has 0 aliphatic carbocycles. The summed E-state index contributed by atoms with van der Waals surface area (Å²) in [7, 11) is 0. The Kier molecular flexibility index (Phi) is 7.71. The fourth-order valence-electron chi connectivity index (χ4n) is 2.43. The molecule has 1 aromatic carbocycles. The molecule has 3 amide bonds. The van der Waals surface area contributed by atoms with Gasteiger partial charge in [-0.1, -0.05) is 37.6 Å². The molecule has 0 bridgehead atoms. The average molecular weight is 354 g/mol. The van der Waals surface area contributed by atoms with Gasteiger partial charge in [-0.2, -0.15) is 0 Å². The third-order valence-corrected chi connectivity index (χ3v) is 4.18. The van der Waals surface area contributed by atoms with E-state index in [9.17, 15) is 14.4 Å². The summed E-state index contributed by atoms with van der Waals surface area (Å²) in [5.41, 5.74) is 0.458. The molecule has 0 aromatic heterocycles. The van der Waals surface area contributed by atoms with E-state index in [0.717, 1.165) is 5.56 Å². The van der Waals surface area contributed by atoms with Crippen molar-refractivity contribution in [1.29, 1.82) is 0 Å². The highest BCUT2D eigenvalue weighted by Gasteiger charge is 2.30. The number of carbonyl (C=O) groups excluding carboxylic acids is 3. The summed E-state index contributed by atoms with van der Waals surface area (Å²) in [5.74, 6) is -0.997. The van der Waals surface area contributed by atoms with E-state index in [-0.39, 0.29) is 24.9 Å². The van der Waals surface area contributed by atoms with Crippen LogP contribution in [0.15, 0.2) is 24.3 Å². The molecule has 7 heteroatoms. The van der Waals surface area contributed by atoms with Gasteiger partial charge < -0.3 is 16.0 Å². The van der Waals surface area contributed by atoms with E-state index in [1.54, 1.807) is 12.1 Å². The Labute approximate surface area is 147 Å². The van der Waals surface area contributed by atoms with Crippen LogP contribution in [0, 0.1) is 0 Å². The maximum absolute atomic E-state index is 12.2. The minimum atomic E-state index is -0.510. The van der Waals surface area contributed by atoms with Crippen LogP contribution < -0.4 is 16.0 Å². The van der Waals surface area contributed by atoms with E-state index in [2.05, 4.69) is 16.0 Å². The van der Waals surface area contributed by atoms with Crippen LogP contribution in [-0.2, 0) is 19.9 Å². The lowest BCUT2D eigenvalue weighted by atomic mass is 9.84. The van der Waals surface area contributed by atoms with Crippen molar-refractivity contribution in [2.45, 2.75) is 39.2 Å². The second kappa shape index (κ2) is 9.27. The number of amides is 3. The Morgan fingerprint density at radius 3 is 2.00 bits per heavy atom. The van der Waals surface area contributed by atoms with Gasteiger partial charge in [-0.3, -0.25) is 14.4 Å². The second-order valence-electron chi connectivity index (χ2n) is 5.53. The first-order valence-corrected chi connectivity index (χ1v) is 8.29. The van der Waals surface area contributed by atoms with Crippen LogP contribution >= 0.6 is 11.6 Å². The molecule has 24 heavy (non-hydrogen) atoms. The van der Waals surface area contributed by atoms with Crippen molar-refractivity contribution in [3.8, 4) is 0 Å². The normalized spacial score (nSPS) is 10.8. The molecule has 0 heterocycles. The molecular formula is C17H24ClN3O3. The van der Waals surface area contributed by atoms with Crippen LogP contribution in [-0.4, -0.2) is 30.8 Å². The fraction of sp³-hybridized carbons (Fsp3) is 0.471. The first kappa shape index (κ1) is 20.0. The van der Waals surface area contributed by atoms with Crippen molar-refractivity contribution in [2.75, 3.05) is 13.1 Å². The summed E-state index contributed by atoms with van der Waals surface area (Å²) in [6.07, 6.45) is 1.41. The predicted molar refractivity (Wildman–Crippen MR) is 93.5 cm³/mol. The topological polar surface area (TPSA) is 87.3 Å². The molecule has 132 valence electrons. The lowest BCUT2D eigenvalue weighted by Gasteiger charge is -2.33. The third kappa shape index (κ3) is 5.85. The number of carbonyl (C=O) groups is 3. The predicted octanol–water partition coefficient (Wildman–Crippen LogP) is 1.72. The highest BCUT2D eigenvalue weighted by atomic mass is 35.5. The van der Waals surface area contributed by atoms with Crippen LogP contribution in [0.1, 0.15) is 39.2 Å². The van der Waals surface area contributed by atoms with Crippen LogP contribution in [0.25, 0.3) is 0 Å². The quantitative estimate of drug-likeness (QED) is 0.665. The molecule has 0 spiro atoms. The smallest absolute Gasteiger partial charge is 0.240 e. The summed E-state index contributed by atoms with van der Waals surface area (Å²) in [4.78, 5) is 34.5. The van der Waals surface area contributed by atoms with Crippen LogP contribution in [0.4, 0.5) is 0 Å². The number of hydrogen-bond acceptors (Lipinski definition) is 3. The molecule has 0 aliphatic heterocycles. The summed E-state index contributed by atoms with van der Waals surface area (Å²) in [6, 6.07) is 7.37. The van der Waals surface area contributed by atoms with Gasteiger partial charge >= 0.3 is 0 Å². The first-order chi connectivity index (χ1) is 11.3. The molecular weight excluding hydrogens is 330 g/mol. The van der Waals surface area contributed by atoms with Crippen molar-refractivity contribution in [3.05, 3.63) is 34.9 Å². The standard InChI is InChI=1S/C17H24ClN3O3/c1-4-17(5-2,13-6-8-14(18)9-7-13)21-16(24)11-20-15(23)10-19-12(3)22/h6-9H,4-5,10-11H2,1-3H3,(H,19,22)(H,20,23)(H,21,24). The van der Waals surface area contributed by atoms with E-state index >= 15 is 0 Å². The van der Waals surface area contributed by atoms with Gasteiger partial charge in [0.15, 0.2) is 0 Å². The molecule has 0 saturated carbocycles. The van der Waals surface area contributed by atoms with Crippen molar-refractivity contribution < 1.29 is 14.4 Å². The molecule has 3 N–H and O–H groups in total. The third-order valence-electron chi connectivity index (χ3n) is 3.93. The van der Waals surface area contributed by atoms with E-state index in [0.29, 0.717) is 17.9 Å². The monoisotopic (exact) mass is 353 g/mol. The molecule has 0 radical (unpaired) electrons. The Morgan fingerprint density at radius 1 is 0.958 bits per heavy atom. The molecule has 1 aromatic rings. The zero-order valence-electron chi connectivity index (χ0n) is 14.2. The Balaban J connectivity index is 2.67. The lowest BCUT2D eigenvalue weighted by molar-refractivity contribution is -0.128. The molecule has 6 nitrogen and oxygen atoms in total. The highest BCUT2D eigenvalue weighted by molar-refractivity contribution is 6.30. The largest absolute Gasteiger partial charge is 0.347 e. The van der Waals surface area contributed by atoms with Crippen LogP contribution in [0.3, 0.4) is 0 Å². The van der Waals surface area contributed by atoms with Gasteiger partial charge in [0.05, 0.1) is 18.6 Å². The second-order valence-corrected chi connectivity index (χ2v) is 5.97. The summed E-state index contributed by atoms with van der Waals surface area (Å²) in [6.45, 7) is 5.02. The summed E-state index contributed by atoms with van der Waals surface area (Å²) >= 11 is 5.93. The molecule has 1 rings (SSSR count). The Morgan fingerprint density at radius 2 is 1.50 bits per heavy atom. The number of hydrogen-bond donors (Lipinski definition) is 3. The van der Waals surface area contributed by atoms with Gasteiger partial charge in [0.25, 0.3) is 0 Å². The SMILES string of the molecule is CCC(CC)(NC(=O)CNC(=O)CNC(C)=O)c1ccc(Cl)cc1. The molecule has 0 saturated heterocycles. The Hall–Kier alpha value is -2.08. The average Bonchev–Trinajstić information content (AvgIpc) is 2.57. The van der Waals surface area contributed by atoms with Crippen molar-refractivity contribution in [3.63, 3.8) is 0 Å². The molecule has 0 fully saturated rings. The van der Waals surface area contributed by atoms with Gasteiger partial charge in [-0.05, 0) is 30.5 Å². The first-order valence-electron chi connectivity index (χ1n) is 7.91.